The summed E-state index contributed by atoms with van der Waals surface area (Å²) in [6.45, 7) is 2.31. The Morgan fingerprint density at radius 1 is 1.07 bits per heavy atom. The van der Waals surface area contributed by atoms with E-state index in [2.05, 4.69) is 4.98 Å². The van der Waals surface area contributed by atoms with Crippen molar-refractivity contribution in [1.82, 2.24) is 14.9 Å². The van der Waals surface area contributed by atoms with E-state index < -0.39 is 0 Å². The predicted octanol–water partition coefficient (Wildman–Crippen LogP) is 4.27. The molecular formula is C21H19N3O2S2. The number of benzene rings is 1. The summed E-state index contributed by atoms with van der Waals surface area (Å²) < 4.78 is 0. The average molecular weight is 410 g/mol. The van der Waals surface area contributed by atoms with Gasteiger partial charge in [-0.05, 0) is 50.3 Å². The average Bonchev–Trinajstić information content (AvgIpc) is 3.18. The van der Waals surface area contributed by atoms with Gasteiger partial charge in [-0.25, -0.2) is 9.97 Å². The molecule has 0 unspecified atom stereocenters. The van der Waals surface area contributed by atoms with E-state index >= 15 is 0 Å². The Morgan fingerprint density at radius 2 is 1.79 bits per heavy atom. The zero-order valence-electron chi connectivity index (χ0n) is 15.5. The minimum Gasteiger partial charge on any atom is -0.273 e. The summed E-state index contributed by atoms with van der Waals surface area (Å²) in [5, 5.41) is 2.18. The highest BCUT2D eigenvalue weighted by molar-refractivity contribution is 7.99. The second-order valence-electron chi connectivity index (χ2n) is 7.12. The molecule has 1 aromatic carbocycles. The first-order chi connectivity index (χ1) is 13.6. The van der Waals surface area contributed by atoms with Crippen LogP contribution in [-0.4, -0.2) is 39.0 Å². The van der Waals surface area contributed by atoms with E-state index in [9.17, 15) is 9.59 Å². The van der Waals surface area contributed by atoms with Gasteiger partial charge in [0.2, 0.25) is 0 Å². The van der Waals surface area contributed by atoms with Gasteiger partial charge in [0.25, 0.3) is 11.8 Å². The lowest BCUT2D eigenvalue weighted by molar-refractivity contribution is 0.0664. The molecule has 3 aromatic rings. The highest BCUT2D eigenvalue weighted by Crippen LogP contribution is 2.39. The molecule has 0 spiro atoms. The molecule has 2 aliphatic rings. The maximum absolute atomic E-state index is 12.5. The molecule has 2 aromatic heterocycles. The number of thiophene rings is 1. The third-order valence-electron chi connectivity index (χ3n) is 5.33. The first-order valence-corrected chi connectivity index (χ1v) is 11.3. The second kappa shape index (κ2) is 6.97. The molecule has 0 radical (unpaired) electrons. The molecule has 0 N–H and O–H groups in total. The molecule has 1 aliphatic carbocycles. The zero-order valence-corrected chi connectivity index (χ0v) is 17.2. The van der Waals surface area contributed by atoms with Crippen molar-refractivity contribution in [1.29, 1.82) is 0 Å². The Labute approximate surface area is 171 Å². The van der Waals surface area contributed by atoms with E-state index in [1.165, 1.54) is 33.6 Å². The minimum atomic E-state index is -0.196. The van der Waals surface area contributed by atoms with Crippen molar-refractivity contribution in [2.24, 2.45) is 0 Å². The largest absolute Gasteiger partial charge is 0.273 e. The first kappa shape index (κ1) is 17.8. The van der Waals surface area contributed by atoms with Crippen LogP contribution < -0.4 is 0 Å². The Balaban J connectivity index is 1.38. The van der Waals surface area contributed by atoms with Gasteiger partial charge in [0, 0.05) is 22.6 Å². The Hall–Kier alpha value is -2.25. The number of hydrogen-bond donors (Lipinski definition) is 0. The summed E-state index contributed by atoms with van der Waals surface area (Å²) in [5.41, 5.74) is 2.42. The summed E-state index contributed by atoms with van der Waals surface area (Å²) in [7, 11) is 0. The molecule has 2 amide bonds. The molecular weight excluding hydrogens is 390 g/mol. The lowest BCUT2D eigenvalue weighted by Gasteiger charge is -2.14. The molecule has 5 rings (SSSR count). The van der Waals surface area contributed by atoms with Crippen LogP contribution in [0.1, 0.15) is 49.8 Å². The van der Waals surface area contributed by atoms with Gasteiger partial charge < -0.3 is 0 Å². The van der Waals surface area contributed by atoms with Crippen LogP contribution >= 0.6 is 23.1 Å². The summed E-state index contributed by atoms with van der Waals surface area (Å²) in [6, 6.07) is 7.03. The number of carbonyl (C=O) groups excluding carboxylic acids is 2. The molecule has 1 aliphatic heterocycles. The zero-order chi connectivity index (χ0) is 19.3. The van der Waals surface area contributed by atoms with Crippen LogP contribution in [0.4, 0.5) is 0 Å². The number of amides is 2. The van der Waals surface area contributed by atoms with Gasteiger partial charge in [-0.15, -0.1) is 23.1 Å². The summed E-state index contributed by atoms with van der Waals surface area (Å²) >= 11 is 3.42. The van der Waals surface area contributed by atoms with Gasteiger partial charge >= 0.3 is 0 Å². The van der Waals surface area contributed by atoms with Crippen LogP contribution in [0.15, 0.2) is 29.3 Å². The molecule has 3 heterocycles. The molecule has 5 nitrogen and oxygen atoms in total. The molecule has 0 saturated carbocycles. The van der Waals surface area contributed by atoms with E-state index in [0.29, 0.717) is 23.4 Å². The lowest BCUT2D eigenvalue weighted by Crippen LogP contribution is -2.31. The van der Waals surface area contributed by atoms with Crippen LogP contribution in [0.2, 0.25) is 0 Å². The molecule has 0 bridgehead atoms. The Bertz CT molecular complexity index is 1090. The van der Waals surface area contributed by atoms with Crippen LogP contribution in [-0.2, 0) is 12.8 Å². The third-order valence-corrected chi connectivity index (χ3v) is 7.47. The highest BCUT2D eigenvalue weighted by Gasteiger charge is 2.34. The van der Waals surface area contributed by atoms with E-state index in [-0.39, 0.29) is 11.8 Å². The topological polar surface area (TPSA) is 63.2 Å². The number of rotatable bonds is 4. The lowest BCUT2D eigenvalue weighted by atomic mass is 9.97. The number of aromatic nitrogens is 2. The van der Waals surface area contributed by atoms with Gasteiger partial charge in [-0.3, -0.25) is 14.5 Å². The fourth-order valence-electron chi connectivity index (χ4n) is 4.01. The summed E-state index contributed by atoms with van der Waals surface area (Å²) in [6.07, 6.45) is 4.68. The molecule has 0 atom stereocenters. The van der Waals surface area contributed by atoms with Crippen LogP contribution in [0.25, 0.3) is 10.2 Å². The van der Waals surface area contributed by atoms with Gasteiger partial charge in [-0.2, -0.15) is 0 Å². The SMILES string of the molecule is Cc1nc(SCCN2C(=O)c3ccccc3C2=O)c2c3c(sc2n1)CCCC3. The van der Waals surface area contributed by atoms with Crippen molar-refractivity contribution in [2.45, 2.75) is 37.6 Å². The van der Waals surface area contributed by atoms with Crippen molar-refractivity contribution in [2.75, 3.05) is 12.3 Å². The van der Waals surface area contributed by atoms with E-state index in [1.54, 1.807) is 47.4 Å². The second-order valence-corrected chi connectivity index (χ2v) is 9.29. The van der Waals surface area contributed by atoms with E-state index in [4.69, 9.17) is 4.98 Å². The van der Waals surface area contributed by atoms with Gasteiger partial charge in [0.05, 0.1) is 11.1 Å². The van der Waals surface area contributed by atoms with E-state index in [1.807, 2.05) is 6.92 Å². The van der Waals surface area contributed by atoms with Crippen molar-refractivity contribution >= 4 is 45.1 Å². The molecule has 142 valence electrons. The van der Waals surface area contributed by atoms with Crippen LogP contribution in [0, 0.1) is 6.92 Å². The smallest absolute Gasteiger partial charge is 0.261 e. The third kappa shape index (κ3) is 2.84. The molecule has 28 heavy (non-hydrogen) atoms. The number of fused-ring (bicyclic) bond motifs is 4. The van der Waals surface area contributed by atoms with Crippen molar-refractivity contribution < 1.29 is 9.59 Å². The van der Waals surface area contributed by atoms with Gasteiger partial charge in [0.1, 0.15) is 15.7 Å². The van der Waals surface area contributed by atoms with Crippen molar-refractivity contribution in [3.63, 3.8) is 0 Å². The fourth-order valence-corrected chi connectivity index (χ4v) is 6.41. The molecule has 0 fully saturated rings. The summed E-state index contributed by atoms with van der Waals surface area (Å²) in [4.78, 5) is 38.3. The predicted molar refractivity (Wildman–Crippen MR) is 111 cm³/mol. The maximum Gasteiger partial charge on any atom is 0.261 e. The number of hydrogen-bond acceptors (Lipinski definition) is 6. The Morgan fingerprint density at radius 3 is 2.54 bits per heavy atom. The van der Waals surface area contributed by atoms with Crippen LogP contribution in [0.3, 0.4) is 0 Å². The van der Waals surface area contributed by atoms with E-state index in [0.717, 1.165) is 28.5 Å². The van der Waals surface area contributed by atoms with Crippen LogP contribution in [0.5, 0.6) is 0 Å². The highest BCUT2D eigenvalue weighted by atomic mass is 32.2. The fraction of sp³-hybridized carbons (Fsp3) is 0.333. The van der Waals surface area contributed by atoms with Crippen molar-refractivity contribution in [3.05, 3.63) is 51.7 Å². The number of aryl methyl sites for hydroxylation is 3. The molecule has 0 saturated heterocycles. The Kier molecular flexibility index (Phi) is 4.44. The minimum absolute atomic E-state index is 0.196. The molecule has 7 heteroatoms. The standard InChI is InChI=1S/C21H19N3O2S2/c1-12-22-18(17-15-8-4-5-9-16(15)28-19(17)23-12)27-11-10-24-20(25)13-6-2-3-7-14(13)21(24)26/h2-3,6-7H,4-5,8-11H2,1H3. The maximum atomic E-state index is 12.5. The monoisotopic (exact) mass is 409 g/mol. The normalized spacial score (nSPS) is 16.0. The van der Waals surface area contributed by atoms with Gasteiger partial charge in [0.15, 0.2) is 0 Å². The number of imide groups is 1. The number of nitrogens with zero attached hydrogens (tertiary/aromatic N) is 3. The summed E-state index contributed by atoms with van der Waals surface area (Å²) in [5.74, 6) is 1.01. The quantitative estimate of drug-likeness (QED) is 0.366. The number of thioether (sulfide) groups is 1. The van der Waals surface area contributed by atoms with Gasteiger partial charge in [-0.1, -0.05) is 12.1 Å². The number of carbonyl (C=O) groups is 2. The first-order valence-electron chi connectivity index (χ1n) is 9.50. The van der Waals surface area contributed by atoms with Crippen molar-refractivity contribution in [3.8, 4) is 0 Å².